The number of urea groups is 1. The number of carbonyl (C=O) groups excluding carboxylic acids is 1. The summed E-state index contributed by atoms with van der Waals surface area (Å²) in [6, 6.07) is -0.172. The van der Waals surface area contributed by atoms with Crippen molar-refractivity contribution in [2.45, 2.75) is 20.0 Å². The Labute approximate surface area is 73.6 Å². The smallest absolute Gasteiger partial charge is 0.316 e. The van der Waals surface area contributed by atoms with Crippen molar-refractivity contribution >= 4 is 6.03 Å². The fourth-order valence-corrected chi connectivity index (χ4v) is 0.586. The number of rotatable bonds is 3. The normalized spacial score (nSPS) is 12.8. The van der Waals surface area contributed by atoms with Crippen LogP contribution in [0.4, 0.5) is 4.79 Å². The zero-order valence-corrected chi connectivity index (χ0v) is 8.16. The molecule has 0 radical (unpaired) electrons. The van der Waals surface area contributed by atoms with E-state index < -0.39 is 6.10 Å². The summed E-state index contributed by atoms with van der Waals surface area (Å²) in [6.07, 6.45) is -0.464. The molecule has 0 fully saturated rings. The van der Waals surface area contributed by atoms with Gasteiger partial charge in [-0.05, 0) is 5.92 Å². The van der Waals surface area contributed by atoms with Gasteiger partial charge >= 0.3 is 6.03 Å². The molecular weight excluding hydrogens is 156 g/mol. The molecule has 0 aliphatic carbocycles. The molecule has 4 heteroatoms. The Morgan fingerprint density at radius 3 is 2.33 bits per heavy atom. The number of nitrogens with zero attached hydrogens (tertiary/aromatic N) is 1. The number of nitrogens with one attached hydrogen (secondary N) is 1. The van der Waals surface area contributed by atoms with E-state index in [0.717, 1.165) is 0 Å². The quantitative estimate of drug-likeness (QED) is 0.645. The van der Waals surface area contributed by atoms with Crippen LogP contribution in [0.5, 0.6) is 0 Å². The third-order valence-corrected chi connectivity index (χ3v) is 1.64. The van der Waals surface area contributed by atoms with Gasteiger partial charge in [-0.15, -0.1) is 0 Å². The van der Waals surface area contributed by atoms with E-state index in [1.165, 1.54) is 4.90 Å². The average molecular weight is 174 g/mol. The largest absolute Gasteiger partial charge is 0.391 e. The lowest BCUT2D eigenvalue weighted by molar-refractivity contribution is 0.123. The molecule has 4 nitrogen and oxygen atoms in total. The van der Waals surface area contributed by atoms with E-state index in [1.807, 2.05) is 13.8 Å². The van der Waals surface area contributed by atoms with Crippen molar-refractivity contribution in [1.29, 1.82) is 0 Å². The van der Waals surface area contributed by atoms with Crippen molar-refractivity contribution in [3.05, 3.63) is 0 Å². The zero-order chi connectivity index (χ0) is 9.72. The Balaban J connectivity index is 3.61. The van der Waals surface area contributed by atoms with E-state index in [2.05, 4.69) is 5.32 Å². The van der Waals surface area contributed by atoms with Crippen LogP contribution in [0, 0.1) is 5.92 Å². The van der Waals surface area contributed by atoms with Gasteiger partial charge in [0.25, 0.3) is 0 Å². The topological polar surface area (TPSA) is 52.6 Å². The molecule has 2 amide bonds. The summed E-state index contributed by atoms with van der Waals surface area (Å²) in [7, 11) is 3.33. The van der Waals surface area contributed by atoms with Gasteiger partial charge in [-0.1, -0.05) is 13.8 Å². The van der Waals surface area contributed by atoms with E-state index in [4.69, 9.17) is 0 Å². The molecule has 1 atom stereocenters. The molecule has 0 saturated heterocycles. The average Bonchev–Trinajstić information content (AvgIpc) is 1.98. The van der Waals surface area contributed by atoms with Gasteiger partial charge in [0.15, 0.2) is 0 Å². The number of amides is 2. The molecule has 0 bridgehead atoms. The van der Waals surface area contributed by atoms with Crippen LogP contribution in [0.3, 0.4) is 0 Å². The SMILES string of the molecule is CC(C)C(O)CNC(=O)N(C)C. The highest BCUT2D eigenvalue weighted by atomic mass is 16.3. The predicted octanol–water partition coefficient (Wildman–Crippen LogP) is 0.275. The molecular formula is C8H18N2O2. The predicted molar refractivity (Wildman–Crippen MR) is 47.9 cm³/mol. The Bertz CT molecular complexity index is 146. The van der Waals surface area contributed by atoms with Crippen molar-refractivity contribution < 1.29 is 9.90 Å². The molecule has 0 saturated carbocycles. The summed E-state index contributed by atoms with van der Waals surface area (Å²) >= 11 is 0. The van der Waals surface area contributed by atoms with Crippen LogP contribution >= 0.6 is 0 Å². The summed E-state index contributed by atoms with van der Waals surface area (Å²) < 4.78 is 0. The molecule has 72 valence electrons. The molecule has 0 rings (SSSR count). The van der Waals surface area contributed by atoms with E-state index in [1.54, 1.807) is 14.1 Å². The van der Waals surface area contributed by atoms with Crippen LogP contribution in [0.25, 0.3) is 0 Å². The maximum atomic E-state index is 11.0. The second-order valence-electron chi connectivity index (χ2n) is 3.39. The molecule has 12 heavy (non-hydrogen) atoms. The number of carbonyl (C=O) groups is 1. The first kappa shape index (κ1) is 11.2. The van der Waals surface area contributed by atoms with Crippen molar-refractivity contribution in [3.63, 3.8) is 0 Å². The van der Waals surface area contributed by atoms with Gasteiger partial charge in [0.2, 0.25) is 0 Å². The van der Waals surface area contributed by atoms with Crippen molar-refractivity contribution in [2.24, 2.45) is 5.92 Å². The third-order valence-electron chi connectivity index (χ3n) is 1.64. The molecule has 1 unspecified atom stereocenters. The standard InChI is InChI=1S/C8H18N2O2/c1-6(2)7(11)5-9-8(12)10(3)4/h6-7,11H,5H2,1-4H3,(H,9,12). The van der Waals surface area contributed by atoms with Crippen LogP contribution in [0.2, 0.25) is 0 Å². The molecule has 0 heterocycles. The lowest BCUT2D eigenvalue weighted by Gasteiger charge is -2.17. The molecule has 2 N–H and O–H groups in total. The van der Waals surface area contributed by atoms with Crippen LogP contribution in [0.15, 0.2) is 0 Å². The summed E-state index contributed by atoms with van der Waals surface area (Å²) in [6.45, 7) is 4.13. The van der Waals surface area contributed by atoms with E-state index in [0.29, 0.717) is 6.54 Å². The van der Waals surface area contributed by atoms with Crippen LogP contribution < -0.4 is 5.32 Å². The van der Waals surface area contributed by atoms with Crippen molar-refractivity contribution in [2.75, 3.05) is 20.6 Å². The Morgan fingerprint density at radius 1 is 1.50 bits per heavy atom. The highest BCUT2D eigenvalue weighted by Crippen LogP contribution is 1.98. The van der Waals surface area contributed by atoms with Crippen LogP contribution in [0.1, 0.15) is 13.8 Å². The fourth-order valence-electron chi connectivity index (χ4n) is 0.586. The molecule has 0 aliphatic rings. The Kier molecular flexibility index (Phi) is 4.66. The number of aliphatic hydroxyl groups is 1. The maximum absolute atomic E-state index is 11.0. The highest BCUT2D eigenvalue weighted by Gasteiger charge is 2.10. The first-order chi connectivity index (χ1) is 5.45. The lowest BCUT2D eigenvalue weighted by atomic mass is 10.1. The summed E-state index contributed by atoms with van der Waals surface area (Å²) in [5, 5.41) is 11.9. The number of hydrogen-bond donors (Lipinski definition) is 2. The molecule has 0 aromatic rings. The Morgan fingerprint density at radius 2 is 2.00 bits per heavy atom. The number of aliphatic hydroxyl groups excluding tert-OH is 1. The minimum absolute atomic E-state index is 0.172. The molecule has 0 aliphatic heterocycles. The van der Waals surface area contributed by atoms with E-state index >= 15 is 0 Å². The molecule has 0 aromatic carbocycles. The van der Waals surface area contributed by atoms with E-state index in [-0.39, 0.29) is 11.9 Å². The van der Waals surface area contributed by atoms with E-state index in [9.17, 15) is 9.90 Å². The van der Waals surface area contributed by atoms with Crippen molar-refractivity contribution in [1.82, 2.24) is 10.2 Å². The van der Waals surface area contributed by atoms with Gasteiger partial charge in [-0.3, -0.25) is 0 Å². The fraction of sp³-hybridized carbons (Fsp3) is 0.875. The van der Waals surface area contributed by atoms with Gasteiger partial charge in [0.05, 0.1) is 6.10 Å². The summed E-state index contributed by atoms with van der Waals surface area (Å²) in [4.78, 5) is 12.4. The van der Waals surface area contributed by atoms with Crippen molar-refractivity contribution in [3.8, 4) is 0 Å². The summed E-state index contributed by atoms with van der Waals surface area (Å²) in [5.74, 6) is 0.174. The molecule has 0 spiro atoms. The van der Waals surface area contributed by atoms with Gasteiger partial charge in [0, 0.05) is 20.6 Å². The van der Waals surface area contributed by atoms with Gasteiger partial charge in [-0.2, -0.15) is 0 Å². The zero-order valence-electron chi connectivity index (χ0n) is 8.16. The monoisotopic (exact) mass is 174 g/mol. The highest BCUT2D eigenvalue weighted by molar-refractivity contribution is 5.73. The van der Waals surface area contributed by atoms with Crippen LogP contribution in [-0.2, 0) is 0 Å². The minimum atomic E-state index is -0.464. The number of hydrogen-bond acceptors (Lipinski definition) is 2. The van der Waals surface area contributed by atoms with Gasteiger partial charge in [0.1, 0.15) is 0 Å². The third kappa shape index (κ3) is 4.18. The van der Waals surface area contributed by atoms with Gasteiger partial charge in [-0.25, -0.2) is 4.79 Å². The van der Waals surface area contributed by atoms with Gasteiger partial charge < -0.3 is 15.3 Å². The lowest BCUT2D eigenvalue weighted by Crippen LogP contribution is -2.40. The molecule has 0 aromatic heterocycles. The first-order valence-electron chi connectivity index (χ1n) is 4.08. The second kappa shape index (κ2) is 4.98. The first-order valence-corrected chi connectivity index (χ1v) is 4.08. The van der Waals surface area contributed by atoms with Crippen LogP contribution in [-0.4, -0.2) is 42.8 Å². The second-order valence-corrected chi connectivity index (χ2v) is 3.39. The maximum Gasteiger partial charge on any atom is 0.316 e. The Hall–Kier alpha value is -0.770. The minimum Gasteiger partial charge on any atom is -0.391 e. The summed E-state index contributed by atoms with van der Waals surface area (Å²) in [5.41, 5.74) is 0.